The molecule has 0 fully saturated rings. The molecule has 2 aromatic heterocycles. The summed E-state index contributed by atoms with van der Waals surface area (Å²) in [6, 6.07) is 0.493. The molecule has 0 bridgehead atoms. The number of aryl methyl sites for hydroxylation is 1. The SMILES string of the molecule is Cc1noc2[nH]c(C(F)(F)F)cc(=O)c12. The van der Waals surface area contributed by atoms with Gasteiger partial charge in [-0.2, -0.15) is 13.2 Å². The fraction of sp³-hybridized carbons (Fsp3) is 0.250. The zero-order valence-electron chi connectivity index (χ0n) is 7.47. The number of rotatable bonds is 0. The first-order chi connectivity index (χ1) is 6.89. The first kappa shape index (κ1) is 9.75. The highest BCUT2D eigenvalue weighted by atomic mass is 19.4. The normalized spacial score (nSPS) is 12.3. The van der Waals surface area contributed by atoms with Crippen molar-refractivity contribution in [3.8, 4) is 0 Å². The van der Waals surface area contributed by atoms with E-state index in [1.54, 1.807) is 0 Å². The van der Waals surface area contributed by atoms with Gasteiger partial charge in [-0.1, -0.05) is 5.16 Å². The molecule has 80 valence electrons. The van der Waals surface area contributed by atoms with Crippen molar-refractivity contribution in [2.24, 2.45) is 0 Å². The third-order valence-electron chi connectivity index (χ3n) is 1.94. The van der Waals surface area contributed by atoms with Gasteiger partial charge in [-0.05, 0) is 6.92 Å². The van der Waals surface area contributed by atoms with E-state index in [9.17, 15) is 18.0 Å². The van der Waals surface area contributed by atoms with Crippen molar-refractivity contribution in [3.05, 3.63) is 27.7 Å². The third kappa shape index (κ3) is 1.49. The highest BCUT2D eigenvalue weighted by molar-refractivity contribution is 5.75. The van der Waals surface area contributed by atoms with Crippen molar-refractivity contribution in [2.75, 3.05) is 0 Å². The zero-order valence-corrected chi connectivity index (χ0v) is 7.47. The van der Waals surface area contributed by atoms with Gasteiger partial charge in [-0.25, -0.2) is 0 Å². The Balaban J connectivity index is 2.81. The average molecular weight is 218 g/mol. The van der Waals surface area contributed by atoms with Crippen LogP contribution < -0.4 is 5.43 Å². The van der Waals surface area contributed by atoms with Crippen molar-refractivity contribution in [1.82, 2.24) is 10.1 Å². The molecule has 0 saturated heterocycles. The molecule has 0 aliphatic carbocycles. The summed E-state index contributed by atoms with van der Waals surface area (Å²) < 4.78 is 41.4. The molecule has 0 unspecified atom stereocenters. The summed E-state index contributed by atoms with van der Waals surface area (Å²) in [6.07, 6.45) is -4.60. The summed E-state index contributed by atoms with van der Waals surface area (Å²) in [4.78, 5) is 13.3. The summed E-state index contributed by atoms with van der Waals surface area (Å²) in [7, 11) is 0. The molecule has 0 atom stereocenters. The second-order valence-corrected chi connectivity index (χ2v) is 3.02. The molecule has 15 heavy (non-hydrogen) atoms. The Morgan fingerprint density at radius 2 is 2.13 bits per heavy atom. The van der Waals surface area contributed by atoms with Crippen molar-refractivity contribution < 1.29 is 17.7 Å². The Morgan fingerprint density at radius 3 is 2.73 bits per heavy atom. The van der Waals surface area contributed by atoms with E-state index in [0.29, 0.717) is 6.07 Å². The van der Waals surface area contributed by atoms with Crippen molar-refractivity contribution in [1.29, 1.82) is 0 Å². The van der Waals surface area contributed by atoms with E-state index >= 15 is 0 Å². The fourth-order valence-electron chi connectivity index (χ4n) is 1.26. The van der Waals surface area contributed by atoms with Gasteiger partial charge in [0.15, 0.2) is 5.43 Å². The number of nitrogens with one attached hydrogen (secondary N) is 1. The van der Waals surface area contributed by atoms with Crippen LogP contribution in [0.1, 0.15) is 11.4 Å². The predicted molar refractivity (Wildman–Crippen MR) is 44.4 cm³/mol. The summed E-state index contributed by atoms with van der Waals surface area (Å²) in [5, 5.41) is 3.45. The number of halogens is 3. The Kier molecular flexibility index (Phi) is 1.85. The van der Waals surface area contributed by atoms with E-state index in [1.165, 1.54) is 6.92 Å². The second kappa shape index (κ2) is 2.85. The highest BCUT2D eigenvalue weighted by Gasteiger charge is 2.33. The van der Waals surface area contributed by atoms with Gasteiger partial charge in [-0.15, -0.1) is 0 Å². The zero-order chi connectivity index (χ0) is 11.2. The van der Waals surface area contributed by atoms with Gasteiger partial charge in [0.25, 0.3) is 0 Å². The number of aromatic amines is 1. The maximum absolute atomic E-state index is 12.3. The molecule has 2 heterocycles. The molecule has 0 radical (unpaired) electrons. The lowest BCUT2D eigenvalue weighted by molar-refractivity contribution is -0.141. The van der Waals surface area contributed by atoms with Crippen LogP contribution in [0.3, 0.4) is 0 Å². The first-order valence-corrected chi connectivity index (χ1v) is 3.96. The van der Waals surface area contributed by atoms with Crippen molar-refractivity contribution in [3.63, 3.8) is 0 Å². The molecular formula is C8H5F3N2O2. The molecule has 0 spiro atoms. The number of nitrogens with zero attached hydrogens (tertiary/aromatic N) is 1. The van der Waals surface area contributed by atoms with Crippen LogP contribution >= 0.6 is 0 Å². The smallest absolute Gasteiger partial charge is 0.337 e. The lowest BCUT2D eigenvalue weighted by Crippen LogP contribution is -2.13. The number of aromatic nitrogens is 2. The van der Waals surface area contributed by atoms with E-state index < -0.39 is 17.3 Å². The van der Waals surface area contributed by atoms with Gasteiger partial charge in [0.05, 0.1) is 5.69 Å². The van der Waals surface area contributed by atoms with Gasteiger partial charge >= 0.3 is 6.18 Å². The van der Waals surface area contributed by atoms with Crippen molar-refractivity contribution in [2.45, 2.75) is 13.1 Å². The largest absolute Gasteiger partial charge is 0.431 e. The van der Waals surface area contributed by atoms with Crippen LogP contribution in [0.15, 0.2) is 15.4 Å². The molecule has 0 aliphatic heterocycles. The van der Waals surface area contributed by atoms with E-state index in [1.807, 2.05) is 4.98 Å². The van der Waals surface area contributed by atoms with Crippen LogP contribution in [-0.2, 0) is 6.18 Å². The van der Waals surface area contributed by atoms with Gasteiger partial charge < -0.3 is 9.51 Å². The standard InChI is InChI=1S/C8H5F3N2O2/c1-3-6-4(14)2-5(8(9,10)11)12-7(6)15-13-3/h2H,1H3,(H,12,14). The quantitative estimate of drug-likeness (QED) is 0.733. The van der Waals surface area contributed by atoms with Crippen LogP contribution in [-0.4, -0.2) is 10.1 Å². The molecule has 0 aliphatic rings. The molecule has 0 aromatic carbocycles. The lowest BCUT2D eigenvalue weighted by Gasteiger charge is -2.04. The number of hydrogen-bond acceptors (Lipinski definition) is 3. The van der Waals surface area contributed by atoms with Gasteiger partial charge in [0.2, 0.25) is 5.71 Å². The summed E-state index contributed by atoms with van der Waals surface area (Å²) in [6.45, 7) is 1.48. The molecule has 0 amide bonds. The van der Waals surface area contributed by atoms with Gasteiger partial charge in [-0.3, -0.25) is 4.79 Å². The number of pyridine rings is 1. The monoisotopic (exact) mass is 218 g/mol. The maximum atomic E-state index is 12.3. The fourth-order valence-corrected chi connectivity index (χ4v) is 1.26. The van der Waals surface area contributed by atoms with Crippen LogP contribution in [0.5, 0.6) is 0 Å². The molecule has 0 saturated carbocycles. The minimum atomic E-state index is -4.60. The van der Waals surface area contributed by atoms with Crippen LogP contribution in [0.4, 0.5) is 13.2 Å². The topological polar surface area (TPSA) is 58.9 Å². The molecule has 4 nitrogen and oxygen atoms in total. The Hall–Kier alpha value is -1.79. The van der Waals surface area contributed by atoms with Crippen molar-refractivity contribution >= 4 is 11.1 Å². The number of hydrogen-bond donors (Lipinski definition) is 1. The highest BCUT2D eigenvalue weighted by Crippen LogP contribution is 2.27. The first-order valence-electron chi connectivity index (χ1n) is 3.96. The van der Waals surface area contributed by atoms with Gasteiger partial charge in [0, 0.05) is 6.07 Å². The average Bonchev–Trinajstić information content (AvgIpc) is 2.46. The third-order valence-corrected chi connectivity index (χ3v) is 1.94. The van der Waals surface area contributed by atoms with Gasteiger partial charge in [0.1, 0.15) is 11.1 Å². The van der Waals surface area contributed by atoms with E-state index in [4.69, 9.17) is 0 Å². The number of H-pyrrole nitrogens is 1. The lowest BCUT2D eigenvalue weighted by atomic mass is 10.2. The van der Waals surface area contributed by atoms with Crippen LogP contribution in [0, 0.1) is 6.92 Å². The minimum Gasteiger partial charge on any atom is -0.337 e. The minimum absolute atomic E-state index is 0.0444. The van der Waals surface area contributed by atoms with E-state index in [-0.39, 0.29) is 16.8 Å². The van der Waals surface area contributed by atoms with Crippen LogP contribution in [0.2, 0.25) is 0 Å². The molecular weight excluding hydrogens is 213 g/mol. The predicted octanol–water partition coefficient (Wildman–Crippen LogP) is 1.84. The number of fused-ring (bicyclic) bond motifs is 1. The maximum Gasteiger partial charge on any atom is 0.431 e. The molecule has 2 aromatic rings. The second-order valence-electron chi connectivity index (χ2n) is 3.02. The summed E-state index contributed by atoms with van der Waals surface area (Å²) in [5.74, 6) is 0. The molecule has 1 N–H and O–H groups in total. The summed E-state index contributed by atoms with van der Waals surface area (Å²) in [5.41, 5.74) is -1.89. The molecule has 2 rings (SSSR count). The Morgan fingerprint density at radius 1 is 1.47 bits per heavy atom. The molecule has 7 heteroatoms. The number of alkyl halides is 3. The van der Waals surface area contributed by atoms with Crippen LogP contribution in [0.25, 0.3) is 11.1 Å². The Labute approximate surface area is 80.7 Å². The van der Waals surface area contributed by atoms with E-state index in [2.05, 4.69) is 9.68 Å². The van der Waals surface area contributed by atoms with E-state index in [0.717, 1.165) is 0 Å². The summed E-state index contributed by atoms with van der Waals surface area (Å²) >= 11 is 0. The Bertz CT molecular complexity index is 567.